The van der Waals surface area contributed by atoms with E-state index < -0.39 is 10.1 Å². The second-order valence-corrected chi connectivity index (χ2v) is 5.91. The Morgan fingerprint density at radius 1 is 1.00 bits per heavy atom. The van der Waals surface area contributed by atoms with Crippen LogP contribution in [0, 0.1) is 0 Å². The van der Waals surface area contributed by atoms with E-state index in [9.17, 15) is 13.0 Å². The lowest BCUT2D eigenvalue weighted by Crippen LogP contribution is -2.09. The molecule has 0 heterocycles. The fourth-order valence-corrected chi connectivity index (χ4v) is 2.98. The Kier molecular flexibility index (Phi) is 3.76. The van der Waals surface area contributed by atoms with Crippen molar-refractivity contribution in [2.45, 2.75) is 44.4 Å². The monoisotopic (exact) mass is 242 g/mol. The van der Waals surface area contributed by atoms with E-state index in [2.05, 4.69) is 0 Å². The number of benzene rings is 1. The molecule has 0 fully saturated rings. The number of hydrogen-bond donors (Lipinski definition) is 1. The molecule has 0 aliphatic carbocycles. The van der Waals surface area contributed by atoms with Gasteiger partial charge in [-0.05, 0) is 23.0 Å². The van der Waals surface area contributed by atoms with Gasteiger partial charge in [-0.15, -0.1) is 0 Å². The minimum atomic E-state index is -4.15. The molecule has 4 heteroatoms. The van der Waals surface area contributed by atoms with Gasteiger partial charge in [0.25, 0.3) is 10.1 Å². The maximum Gasteiger partial charge on any atom is 0.295 e. The molecular weight excluding hydrogens is 224 g/mol. The van der Waals surface area contributed by atoms with E-state index in [0.29, 0.717) is 11.1 Å². The smallest absolute Gasteiger partial charge is 0.282 e. The third kappa shape index (κ3) is 2.62. The molecule has 90 valence electrons. The van der Waals surface area contributed by atoms with Gasteiger partial charge < -0.3 is 0 Å². The van der Waals surface area contributed by atoms with Crippen LogP contribution in [0.1, 0.15) is 50.7 Å². The zero-order chi connectivity index (χ0) is 12.5. The summed E-state index contributed by atoms with van der Waals surface area (Å²) in [7, 11) is -4.15. The molecule has 1 N–H and O–H groups in total. The van der Waals surface area contributed by atoms with E-state index in [0.717, 1.165) is 0 Å². The molecule has 0 aliphatic heterocycles. The summed E-state index contributed by atoms with van der Waals surface area (Å²) in [6.45, 7) is 7.64. The molecule has 0 spiro atoms. The number of rotatable bonds is 3. The Balaban J connectivity index is 3.61. The minimum Gasteiger partial charge on any atom is -0.282 e. The van der Waals surface area contributed by atoms with Gasteiger partial charge in [-0.25, -0.2) is 0 Å². The van der Waals surface area contributed by atoms with Gasteiger partial charge >= 0.3 is 0 Å². The molecule has 0 unspecified atom stereocenters. The summed E-state index contributed by atoms with van der Waals surface area (Å²) in [6.07, 6.45) is 0. The van der Waals surface area contributed by atoms with Crippen molar-refractivity contribution in [1.29, 1.82) is 0 Å². The Labute approximate surface area is 97.2 Å². The second kappa shape index (κ2) is 4.55. The Hall–Kier alpha value is -0.870. The summed E-state index contributed by atoms with van der Waals surface area (Å²) in [5.74, 6) is 0.131. The molecule has 0 aromatic heterocycles. The second-order valence-electron chi connectivity index (χ2n) is 4.55. The van der Waals surface area contributed by atoms with Crippen molar-refractivity contribution in [2.24, 2.45) is 0 Å². The summed E-state index contributed by atoms with van der Waals surface area (Å²) in [5, 5.41) is 0. The first-order valence-electron chi connectivity index (χ1n) is 5.35. The lowest BCUT2D eigenvalue weighted by Gasteiger charge is -2.16. The zero-order valence-corrected chi connectivity index (χ0v) is 10.9. The van der Waals surface area contributed by atoms with Crippen LogP contribution in [0.5, 0.6) is 0 Å². The van der Waals surface area contributed by atoms with Crippen molar-refractivity contribution in [2.75, 3.05) is 0 Å². The molecule has 16 heavy (non-hydrogen) atoms. The fraction of sp³-hybridized carbons (Fsp3) is 0.500. The largest absolute Gasteiger partial charge is 0.295 e. The summed E-state index contributed by atoms with van der Waals surface area (Å²) < 4.78 is 32.2. The van der Waals surface area contributed by atoms with Gasteiger partial charge in [0.1, 0.15) is 4.90 Å². The molecule has 0 bridgehead atoms. The molecule has 3 nitrogen and oxygen atoms in total. The van der Waals surface area contributed by atoms with Crippen molar-refractivity contribution in [3.8, 4) is 0 Å². The first kappa shape index (κ1) is 13.2. The van der Waals surface area contributed by atoms with Crippen LogP contribution < -0.4 is 0 Å². The van der Waals surface area contributed by atoms with E-state index in [-0.39, 0.29) is 16.7 Å². The van der Waals surface area contributed by atoms with E-state index in [4.69, 9.17) is 0 Å². The van der Waals surface area contributed by atoms with Gasteiger partial charge in [-0.3, -0.25) is 4.55 Å². The van der Waals surface area contributed by atoms with Crippen LogP contribution in [0.15, 0.2) is 23.1 Å². The summed E-state index contributed by atoms with van der Waals surface area (Å²) in [4.78, 5) is 0.0833. The molecule has 0 aliphatic rings. The van der Waals surface area contributed by atoms with E-state index in [1.54, 1.807) is 12.1 Å². The summed E-state index contributed by atoms with van der Waals surface area (Å²) in [5.41, 5.74) is 1.35. The van der Waals surface area contributed by atoms with Crippen molar-refractivity contribution in [1.82, 2.24) is 0 Å². The van der Waals surface area contributed by atoms with Crippen molar-refractivity contribution in [3.05, 3.63) is 29.3 Å². The highest BCUT2D eigenvalue weighted by molar-refractivity contribution is 7.86. The Morgan fingerprint density at radius 3 is 1.62 bits per heavy atom. The van der Waals surface area contributed by atoms with Gasteiger partial charge in [-0.1, -0.05) is 45.9 Å². The van der Waals surface area contributed by atoms with E-state index in [1.807, 2.05) is 33.8 Å². The van der Waals surface area contributed by atoms with Crippen LogP contribution in [0.2, 0.25) is 0 Å². The highest BCUT2D eigenvalue weighted by Gasteiger charge is 2.22. The summed E-state index contributed by atoms with van der Waals surface area (Å²) >= 11 is 0. The third-order valence-corrected chi connectivity index (χ3v) is 3.57. The topological polar surface area (TPSA) is 54.4 Å². The molecule has 1 rings (SSSR count). The predicted octanol–water partition coefficient (Wildman–Crippen LogP) is 3.18. The van der Waals surface area contributed by atoms with Crippen LogP contribution in [-0.2, 0) is 10.1 Å². The maximum absolute atomic E-state index is 11.4. The van der Waals surface area contributed by atoms with Crippen LogP contribution in [0.25, 0.3) is 0 Å². The Bertz CT molecular complexity index is 447. The number of hydrogen-bond acceptors (Lipinski definition) is 2. The van der Waals surface area contributed by atoms with E-state index >= 15 is 0 Å². The van der Waals surface area contributed by atoms with Crippen LogP contribution in [-0.4, -0.2) is 13.0 Å². The average molecular weight is 242 g/mol. The van der Waals surface area contributed by atoms with Crippen LogP contribution in [0.3, 0.4) is 0 Å². The first-order valence-corrected chi connectivity index (χ1v) is 6.79. The minimum absolute atomic E-state index is 0.0654. The first-order chi connectivity index (χ1) is 7.25. The van der Waals surface area contributed by atoms with Gasteiger partial charge in [0.2, 0.25) is 0 Å². The molecule has 0 saturated heterocycles. The molecule has 0 saturated carbocycles. The third-order valence-electron chi connectivity index (χ3n) is 2.58. The zero-order valence-electron chi connectivity index (χ0n) is 10.1. The maximum atomic E-state index is 11.4. The summed E-state index contributed by atoms with van der Waals surface area (Å²) in [6, 6.07) is 5.33. The normalized spacial score (nSPS) is 12.4. The van der Waals surface area contributed by atoms with Crippen molar-refractivity contribution < 1.29 is 13.0 Å². The molecular formula is C12H18O3S. The predicted molar refractivity (Wildman–Crippen MR) is 64.4 cm³/mol. The van der Waals surface area contributed by atoms with Gasteiger partial charge in [0.05, 0.1) is 0 Å². The van der Waals surface area contributed by atoms with E-state index in [1.165, 1.54) is 0 Å². The lowest BCUT2D eigenvalue weighted by atomic mass is 9.95. The van der Waals surface area contributed by atoms with Crippen LogP contribution in [0.4, 0.5) is 0 Å². The quantitative estimate of drug-likeness (QED) is 0.828. The van der Waals surface area contributed by atoms with Gasteiger partial charge in [-0.2, -0.15) is 8.42 Å². The SMILES string of the molecule is CC(C)c1cccc(C(C)C)c1S(=O)(=O)O. The molecule has 1 aromatic rings. The molecule has 0 atom stereocenters. The molecule has 0 amide bonds. The molecule has 1 aromatic carbocycles. The highest BCUT2D eigenvalue weighted by atomic mass is 32.2. The van der Waals surface area contributed by atoms with Gasteiger partial charge in [0.15, 0.2) is 0 Å². The fourth-order valence-electron chi connectivity index (χ4n) is 1.78. The molecule has 0 radical (unpaired) electrons. The average Bonchev–Trinajstić information content (AvgIpc) is 2.15. The Morgan fingerprint density at radius 2 is 1.38 bits per heavy atom. The van der Waals surface area contributed by atoms with Crippen LogP contribution >= 0.6 is 0 Å². The lowest BCUT2D eigenvalue weighted by molar-refractivity contribution is 0.479. The van der Waals surface area contributed by atoms with Crippen molar-refractivity contribution in [3.63, 3.8) is 0 Å². The highest BCUT2D eigenvalue weighted by Crippen LogP contribution is 2.31. The standard InChI is InChI=1S/C12H18O3S/c1-8(2)10-6-5-7-11(9(3)4)12(10)16(13,14)15/h5-9H,1-4H3,(H,13,14,15). The van der Waals surface area contributed by atoms with Crippen molar-refractivity contribution >= 4 is 10.1 Å². The van der Waals surface area contributed by atoms with Gasteiger partial charge in [0, 0.05) is 0 Å².